The summed E-state index contributed by atoms with van der Waals surface area (Å²) in [5.74, 6) is 0.650. The molecule has 0 bridgehead atoms. The summed E-state index contributed by atoms with van der Waals surface area (Å²) in [7, 11) is 0. The van der Waals surface area contributed by atoms with Crippen LogP contribution in [0.2, 0.25) is 10.2 Å². The number of nitrogens with zero attached hydrogens (tertiary/aromatic N) is 3. The Labute approximate surface area is 184 Å². The van der Waals surface area contributed by atoms with Crippen molar-refractivity contribution in [2.45, 2.75) is 33.7 Å². The van der Waals surface area contributed by atoms with Crippen LogP contribution in [0.25, 0.3) is 21.8 Å². The van der Waals surface area contributed by atoms with E-state index >= 15 is 0 Å². The van der Waals surface area contributed by atoms with Crippen LogP contribution in [0, 0.1) is 5.41 Å². The topological polar surface area (TPSA) is 59.3 Å². The van der Waals surface area contributed by atoms with Crippen molar-refractivity contribution in [3.8, 4) is 11.1 Å². The summed E-state index contributed by atoms with van der Waals surface area (Å²) in [5.41, 5.74) is 2.30. The van der Waals surface area contributed by atoms with Crippen molar-refractivity contribution in [3.63, 3.8) is 0 Å². The molecule has 0 saturated carbocycles. The van der Waals surface area contributed by atoms with E-state index in [4.69, 9.17) is 34.8 Å². The molecule has 5 nitrogen and oxygen atoms in total. The molecule has 0 amide bonds. The Morgan fingerprint density at radius 3 is 2.55 bits per heavy atom. The van der Waals surface area contributed by atoms with E-state index in [0.29, 0.717) is 33.9 Å². The maximum Gasteiger partial charge on any atom is 0.167 e. The maximum atomic E-state index is 10.9. The molecule has 0 radical (unpaired) electrons. The van der Waals surface area contributed by atoms with Gasteiger partial charge in [0.2, 0.25) is 0 Å². The molecular weight excluding hydrogens is 431 g/mol. The summed E-state index contributed by atoms with van der Waals surface area (Å²) in [6.45, 7) is 8.49. The van der Waals surface area contributed by atoms with Gasteiger partial charge < -0.3 is 5.32 Å². The maximum absolute atomic E-state index is 10.9. The van der Waals surface area contributed by atoms with E-state index in [2.05, 4.69) is 43.1 Å². The van der Waals surface area contributed by atoms with Crippen LogP contribution in [0.4, 0.5) is 5.82 Å². The van der Waals surface area contributed by atoms with Gasteiger partial charge in [-0.3, -0.25) is 4.79 Å². The van der Waals surface area contributed by atoms with Gasteiger partial charge in [-0.1, -0.05) is 73.8 Å². The highest BCUT2D eigenvalue weighted by molar-refractivity contribution is 6.50. The molecule has 0 aliphatic rings. The Morgan fingerprint density at radius 1 is 1.24 bits per heavy atom. The Hall–Kier alpha value is -2.08. The van der Waals surface area contributed by atoms with E-state index in [1.165, 1.54) is 6.08 Å². The van der Waals surface area contributed by atoms with Gasteiger partial charge in [0.1, 0.15) is 17.3 Å². The zero-order chi connectivity index (χ0) is 21.3. The smallest absolute Gasteiger partial charge is 0.167 e. The van der Waals surface area contributed by atoms with Crippen molar-refractivity contribution >= 4 is 57.6 Å². The van der Waals surface area contributed by atoms with Crippen LogP contribution in [0.5, 0.6) is 0 Å². The van der Waals surface area contributed by atoms with Crippen LogP contribution in [0.1, 0.15) is 33.3 Å². The molecule has 3 aromatic rings. The second-order valence-electron chi connectivity index (χ2n) is 7.78. The highest BCUT2D eigenvalue weighted by Gasteiger charge is 2.26. The fourth-order valence-corrected chi connectivity index (χ4v) is 3.43. The average molecular weight is 452 g/mol. The van der Waals surface area contributed by atoms with Crippen molar-refractivity contribution in [2.75, 3.05) is 5.32 Å². The van der Waals surface area contributed by atoms with E-state index < -0.39 is 0 Å². The minimum Gasteiger partial charge on any atom is -0.366 e. The molecule has 1 unspecified atom stereocenters. The number of rotatable bonds is 5. The highest BCUT2D eigenvalue weighted by atomic mass is 35.5. The minimum atomic E-state index is -0.0368. The molecule has 0 fully saturated rings. The number of halogens is 3. The second-order valence-corrected chi connectivity index (χ2v) is 8.95. The lowest BCUT2D eigenvalue weighted by Crippen LogP contribution is -2.32. The third-order valence-electron chi connectivity index (χ3n) is 4.87. The second kappa shape index (κ2) is 8.34. The number of aromatic nitrogens is 3. The summed E-state index contributed by atoms with van der Waals surface area (Å²) in [5, 5.41) is 9.03. The summed E-state index contributed by atoms with van der Waals surface area (Å²) in [4.78, 5) is 15.4. The van der Waals surface area contributed by atoms with Crippen LogP contribution >= 0.6 is 34.8 Å². The van der Waals surface area contributed by atoms with Gasteiger partial charge in [-0.15, -0.1) is 0 Å². The van der Waals surface area contributed by atoms with Crippen molar-refractivity contribution in [2.24, 2.45) is 5.41 Å². The summed E-state index contributed by atoms with van der Waals surface area (Å²) in [6.07, 6.45) is 3.43. The van der Waals surface area contributed by atoms with Crippen LogP contribution < -0.4 is 5.32 Å². The number of hydrogen-bond acceptors (Lipinski definition) is 4. The molecule has 0 aliphatic heterocycles. The van der Waals surface area contributed by atoms with Gasteiger partial charge in [0.15, 0.2) is 5.65 Å². The zero-order valence-corrected chi connectivity index (χ0v) is 18.8. The monoisotopic (exact) mass is 450 g/mol. The van der Waals surface area contributed by atoms with E-state index in [1.807, 2.05) is 18.2 Å². The van der Waals surface area contributed by atoms with E-state index in [9.17, 15) is 4.79 Å². The molecular formula is C21H21Cl3N4O. The number of hydrogen-bond donors (Lipinski definition) is 1. The predicted octanol–water partition coefficient (Wildman–Crippen LogP) is 6.33. The van der Waals surface area contributed by atoms with Crippen molar-refractivity contribution in [1.82, 2.24) is 14.6 Å². The number of carbonyl (C=O) groups is 1. The molecule has 2 aromatic heterocycles. The quantitative estimate of drug-likeness (QED) is 0.280. The number of aldehydes is 1. The summed E-state index contributed by atoms with van der Waals surface area (Å²) < 4.78 is 1.64. The fourth-order valence-electron chi connectivity index (χ4n) is 2.74. The lowest BCUT2D eigenvalue weighted by molar-refractivity contribution is -0.104. The number of carbonyl (C=O) groups excluding carboxylic acids is 1. The van der Waals surface area contributed by atoms with Gasteiger partial charge in [-0.05, 0) is 24.5 Å². The fraction of sp³-hybridized carbons (Fsp3) is 0.286. The zero-order valence-electron chi connectivity index (χ0n) is 16.5. The van der Waals surface area contributed by atoms with Gasteiger partial charge >= 0.3 is 0 Å². The molecule has 152 valence electrons. The van der Waals surface area contributed by atoms with Crippen molar-refractivity contribution in [1.29, 1.82) is 0 Å². The lowest BCUT2D eigenvalue weighted by atomic mass is 9.88. The van der Waals surface area contributed by atoms with Gasteiger partial charge in [0.25, 0.3) is 0 Å². The van der Waals surface area contributed by atoms with Gasteiger partial charge in [0.05, 0.1) is 22.4 Å². The van der Waals surface area contributed by atoms with E-state index in [-0.39, 0.29) is 21.6 Å². The van der Waals surface area contributed by atoms with Crippen LogP contribution in [0.3, 0.4) is 0 Å². The first-order valence-corrected chi connectivity index (χ1v) is 10.2. The Bertz CT molecular complexity index is 1100. The number of benzene rings is 1. The third kappa shape index (κ3) is 4.27. The Kier molecular flexibility index (Phi) is 6.22. The molecule has 0 aliphatic carbocycles. The van der Waals surface area contributed by atoms with Gasteiger partial charge in [-0.25, -0.2) is 4.98 Å². The molecule has 8 heteroatoms. The SMILES string of the molecule is CC(Nc1c(-c2ccccc2Cl)c(Cl)nc2c(C(Cl)=CC=O)cnn12)C(C)(C)C. The summed E-state index contributed by atoms with van der Waals surface area (Å²) >= 11 is 19.3. The molecule has 1 atom stereocenters. The average Bonchev–Trinajstić information content (AvgIpc) is 3.06. The standard InChI is InChI=1S/C21H21Cl3N4O/c1-12(21(2,3)4)26-20-17(13-7-5-6-8-15(13)22)18(24)27-19-14(11-25-28(19)20)16(23)9-10-29/h5-12,26H,1-4H3. The number of fused-ring (bicyclic) bond motifs is 1. The van der Waals surface area contributed by atoms with Crippen LogP contribution in [0.15, 0.2) is 36.5 Å². The Morgan fingerprint density at radius 2 is 1.93 bits per heavy atom. The molecule has 2 heterocycles. The predicted molar refractivity (Wildman–Crippen MR) is 121 cm³/mol. The van der Waals surface area contributed by atoms with Gasteiger partial charge in [0, 0.05) is 16.6 Å². The number of nitrogens with one attached hydrogen (secondary N) is 1. The van der Waals surface area contributed by atoms with E-state index in [1.54, 1.807) is 16.8 Å². The van der Waals surface area contributed by atoms with E-state index in [0.717, 1.165) is 5.56 Å². The highest BCUT2D eigenvalue weighted by Crippen LogP contribution is 2.40. The largest absolute Gasteiger partial charge is 0.366 e. The molecule has 0 spiro atoms. The van der Waals surface area contributed by atoms with Crippen molar-refractivity contribution in [3.05, 3.63) is 52.3 Å². The normalized spacial score (nSPS) is 13.6. The number of allylic oxidation sites excluding steroid dienone is 1. The minimum absolute atomic E-state index is 0.0368. The number of anilines is 1. The molecule has 29 heavy (non-hydrogen) atoms. The van der Waals surface area contributed by atoms with Gasteiger partial charge in [-0.2, -0.15) is 9.61 Å². The van der Waals surface area contributed by atoms with Crippen LogP contribution in [-0.2, 0) is 4.79 Å². The molecule has 0 saturated heterocycles. The lowest BCUT2D eigenvalue weighted by Gasteiger charge is -2.30. The first-order valence-electron chi connectivity index (χ1n) is 9.05. The molecule has 3 rings (SSSR count). The molecule has 1 N–H and O–H groups in total. The van der Waals surface area contributed by atoms with Crippen LogP contribution in [-0.4, -0.2) is 26.9 Å². The molecule has 1 aromatic carbocycles. The first kappa shape index (κ1) is 21.6. The van der Waals surface area contributed by atoms with Crippen molar-refractivity contribution < 1.29 is 4.79 Å². The summed E-state index contributed by atoms with van der Waals surface area (Å²) in [6, 6.07) is 7.49. The Balaban J connectivity index is 2.34. The third-order valence-corrected chi connectivity index (χ3v) is 5.80. The first-order chi connectivity index (χ1) is 13.6.